The summed E-state index contributed by atoms with van der Waals surface area (Å²) < 4.78 is 39.7. The van der Waals surface area contributed by atoms with Gasteiger partial charge in [-0.25, -0.2) is 18.1 Å². The van der Waals surface area contributed by atoms with Crippen LogP contribution in [0.15, 0.2) is 47.5 Å². The molecule has 3 aromatic rings. The summed E-state index contributed by atoms with van der Waals surface area (Å²) in [5.41, 5.74) is 0.858. The van der Waals surface area contributed by atoms with Gasteiger partial charge in [-0.3, -0.25) is 9.78 Å². The minimum atomic E-state index is -4.12. The summed E-state index contributed by atoms with van der Waals surface area (Å²) in [5, 5.41) is 0.457. The number of methoxy groups -OCH3 is 1. The molecule has 1 fully saturated rings. The first kappa shape index (κ1) is 22.0. The van der Waals surface area contributed by atoms with Crippen LogP contribution >= 0.6 is 0 Å². The van der Waals surface area contributed by atoms with Gasteiger partial charge >= 0.3 is 0 Å². The molecule has 0 spiro atoms. The number of rotatable bonds is 7. The molecule has 1 aliphatic rings. The van der Waals surface area contributed by atoms with Gasteiger partial charge in [-0.05, 0) is 57.9 Å². The monoisotopic (exact) mass is 455 g/mol. The molecule has 0 aliphatic heterocycles. The van der Waals surface area contributed by atoms with Gasteiger partial charge in [0.05, 0.1) is 29.0 Å². The number of carbonyl (C=O) groups is 1. The lowest BCUT2D eigenvalue weighted by molar-refractivity contribution is -0.121. The van der Waals surface area contributed by atoms with E-state index in [0.29, 0.717) is 40.9 Å². The second kappa shape index (κ2) is 8.05. The van der Waals surface area contributed by atoms with E-state index in [-0.39, 0.29) is 11.0 Å². The number of nitrogens with zero attached hydrogens (tertiary/aromatic N) is 2. The first-order chi connectivity index (χ1) is 15.2. The normalized spacial score (nSPS) is 14.9. The van der Waals surface area contributed by atoms with Gasteiger partial charge in [0.1, 0.15) is 5.75 Å². The Morgan fingerprint density at radius 3 is 2.59 bits per heavy atom. The standard InChI is InChI=1S/C23H25N3O5S/c1-14(2)31-19-12-21(30-4)24-13-17(19)23(10-11-23)22(27)26-32(28,29)20-7-5-6-18-16(20)9-8-15(3)25-18/h5-9,12-14H,10-11H2,1-4H3,(H,26,27). The zero-order valence-electron chi connectivity index (χ0n) is 18.4. The molecule has 0 radical (unpaired) electrons. The molecular weight excluding hydrogens is 430 g/mol. The number of fused-ring (bicyclic) bond motifs is 1. The molecule has 1 saturated carbocycles. The molecular formula is C23H25N3O5S. The van der Waals surface area contributed by atoms with Crippen molar-refractivity contribution in [3.8, 4) is 11.6 Å². The predicted octanol–water partition coefficient (Wildman–Crippen LogP) is 3.27. The highest BCUT2D eigenvalue weighted by atomic mass is 32.2. The van der Waals surface area contributed by atoms with Crippen molar-refractivity contribution in [1.29, 1.82) is 0 Å². The third-order valence-electron chi connectivity index (χ3n) is 5.46. The minimum absolute atomic E-state index is 0.0122. The molecule has 2 aromatic heterocycles. The molecule has 2 heterocycles. The van der Waals surface area contributed by atoms with Crippen LogP contribution in [0.4, 0.5) is 0 Å². The van der Waals surface area contributed by atoms with Crippen molar-refractivity contribution in [1.82, 2.24) is 14.7 Å². The lowest BCUT2D eigenvalue weighted by atomic mass is 9.96. The van der Waals surface area contributed by atoms with Crippen LogP contribution in [0.2, 0.25) is 0 Å². The highest BCUT2D eigenvalue weighted by Crippen LogP contribution is 2.52. The number of hydrogen-bond acceptors (Lipinski definition) is 7. The third-order valence-corrected chi connectivity index (χ3v) is 6.85. The van der Waals surface area contributed by atoms with Crippen molar-refractivity contribution >= 4 is 26.8 Å². The summed E-state index contributed by atoms with van der Waals surface area (Å²) in [7, 11) is -2.63. The fourth-order valence-electron chi connectivity index (χ4n) is 3.72. The topological polar surface area (TPSA) is 107 Å². The Hall–Kier alpha value is -3.20. The Labute approximate surface area is 187 Å². The number of aryl methyl sites for hydroxylation is 1. The summed E-state index contributed by atoms with van der Waals surface area (Å²) >= 11 is 0. The fraction of sp³-hybridized carbons (Fsp3) is 0.348. The molecule has 1 aliphatic carbocycles. The van der Waals surface area contributed by atoms with E-state index in [1.54, 1.807) is 30.3 Å². The van der Waals surface area contributed by atoms with E-state index < -0.39 is 21.3 Å². The van der Waals surface area contributed by atoms with Crippen molar-refractivity contribution in [2.75, 3.05) is 7.11 Å². The van der Waals surface area contributed by atoms with Crippen LogP contribution in [0.1, 0.15) is 37.9 Å². The Morgan fingerprint density at radius 1 is 1.19 bits per heavy atom. The van der Waals surface area contributed by atoms with E-state index >= 15 is 0 Å². The number of pyridine rings is 2. The van der Waals surface area contributed by atoms with Crippen molar-refractivity contribution in [2.24, 2.45) is 0 Å². The van der Waals surface area contributed by atoms with Crippen LogP contribution in [-0.4, -0.2) is 37.5 Å². The summed E-state index contributed by atoms with van der Waals surface area (Å²) in [4.78, 5) is 21.9. The number of ether oxygens (including phenoxy) is 2. The largest absolute Gasteiger partial charge is 0.490 e. The van der Waals surface area contributed by atoms with Gasteiger partial charge in [-0.15, -0.1) is 0 Å². The first-order valence-corrected chi connectivity index (χ1v) is 11.8. The number of carbonyl (C=O) groups excluding carboxylic acids is 1. The minimum Gasteiger partial charge on any atom is -0.490 e. The van der Waals surface area contributed by atoms with Gasteiger partial charge in [0.2, 0.25) is 11.8 Å². The van der Waals surface area contributed by atoms with Crippen molar-refractivity contribution in [3.05, 3.63) is 53.9 Å². The second-order valence-corrected chi connectivity index (χ2v) is 9.83. The van der Waals surface area contributed by atoms with Crippen LogP contribution in [0.25, 0.3) is 10.9 Å². The summed E-state index contributed by atoms with van der Waals surface area (Å²) in [6, 6.07) is 9.88. The van der Waals surface area contributed by atoms with E-state index in [1.165, 1.54) is 19.4 Å². The SMILES string of the molecule is COc1cc(OC(C)C)c(C2(C(=O)NS(=O)(=O)c3cccc4nc(C)ccc34)CC2)cn1. The summed E-state index contributed by atoms with van der Waals surface area (Å²) in [6.45, 7) is 5.58. The highest BCUT2D eigenvalue weighted by molar-refractivity contribution is 7.90. The molecule has 0 saturated heterocycles. The van der Waals surface area contributed by atoms with Crippen LogP contribution in [0.3, 0.4) is 0 Å². The molecule has 1 aromatic carbocycles. The molecule has 168 valence electrons. The quantitative estimate of drug-likeness (QED) is 0.582. The lowest BCUT2D eigenvalue weighted by Gasteiger charge is -2.21. The number of hydrogen-bond donors (Lipinski definition) is 1. The van der Waals surface area contributed by atoms with Gasteiger partial charge in [0, 0.05) is 28.9 Å². The molecule has 1 N–H and O–H groups in total. The van der Waals surface area contributed by atoms with E-state index in [1.807, 2.05) is 20.8 Å². The van der Waals surface area contributed by atoms with Gasteiger partial charge in [0.15, 0.2) is 0 Å². The van der Waals surface area contributed by atoms with Crippen LogP contribution in [0, 0.1) is 6.92 Å². The van der Waals surface area contributed by atoms with Crippen LogP contribution < -0.4 is 14.2 Å². The van der Waals surface area contributed by atoms with Crippen molar-refractivity contribution < 1.29 is 22.7 Å². The lowest BCUT2D eigenvalue weighted by Crippen LogP contribution is -2.39. The molecule has 0 unspecified atom stereocenters. The zero-order valence-corrected chi connectivity index (χ0v) is 19.2. The Bertz CT molecular complexity index is 1300. The Morgan fingerprint density at radius 2 is 1.94 bits per heavy atom. The number of aromatic nitrogens is 2. The number of nitrogens with one attached hydrogen (secondary N) is 1. The maximum atomic E-state index is 13.3. The van der Waals surface area contributed by atoms with Gasteiger partial charge < -0.3 is 9.47 Å². The molecule has 1 amide bonds. The predicted molar refractivity (Wildman–Crippen MR) is 119 cm³/mol. The van der Waals surface area contributed by atoms with Crippen LogP contribution in [-0.2, 0) is 20.2 Å². The second-order valence-electron chi connectivity index (χ2n) is 8.18. The Kier molecular flexibility index (Phi) is 5.54. The number of sulfonamides is 1. The molecule has 9 heteroatoms. The van der Waals surface area contributed by atoms with E-state index in [9.17, 15) is 13.2 Å². The van der Waals surface area contributed by atoms with Crippen LogP contribution in [0.5, 0.6) is 11.6 Å². The van der Waals surface area contributed by atoms with Gasteiger partial charge in [0.25, 0.3) is 10.0 Å². The summed E-state index contributed by atoms with van der Waals surface area (Å²) in [6.07, 6.45) is 2.37. The fourth-order valence-corrected chi connectivity index (χ4v) is 4.99. The van der Waals surface area contributed by atoms with Crippen molar-refractivity contribution in [3.63, 3.8) is 0 Å². The van der Waals surface area contributed by atoms with Gasteiger partial charge in [-0.1, -0.05) is 6.07 Å². The van der Waals surface area contributed by atoms with Gasteiger partial charge in [-0.2, -0.15) is 0 Å². The third kappa shape index (κ3) is 4.00. The van der Waals surface area contributed by atoms with Crippen molar-refractivity contribution in [2.45, 2.75) is 50.0 Å². The molecule has 32 heavy (non-hydrogen) atoms. The van der Waals surface area contributed by atoms with E-state index in [4.69, 9.17) is 9.47 Å². The number of amides is 1. The molecule has 4 rings (SSSR count). The van der Waals surface area contributed by atoms with E-state index in [2.05, 4.69) is 14.7 Å². The highest BCUT2D eigenvalue weighted by Gasteiger charge is 2.54. The smallest absolute Gasteiger partial charge is 0.264 e. The molecule has 0 atom stereocenters. The maximum Gasteiger partial charge on any atom is 0.264 e. The first-order valence-electron chi connectivity index (χ1n) is 10.3. The average Bonchev–Trinajstić information content (AvgIpc) is 3.54. The molecule has 0 bridgehead atoms. The van der Waals surface area contributed by atoms with E-state index in [0.717, 1.165) is 5.69 Å². The average molecular weight is 456 g/mol. The molecule has 8 nitrogen and oxygen atoms in total. The zero-order chi connectivity index (χ0) is 23.1. The maximum absolute atomic E-state index is 13.3. The Balaban J connectivity index is 1.69. The number of benzene rings is 1. The summed E-state index contributed by atoms with van der Waals surface area (Å²) in [5.74, 6) is 0.212.